The minimum Gasteiger partial charge on any atom is -0.478 e. The van der Waals surface area contributed by atoms with Gasteiger partial charge in [0.2, 0.25) is 0 Å². The minimum atomic E-state index is -4.18. The van der Waals surface area contributed by atoms with Crippen LogP contribution in [0.4, 0.5) is 10.5 Å². The number of anilines is 1. The smallest absolute Gasteiger partial charge is 0.337 e. The van der Waals surface area contributed by atoms with Gasteiger partial charge in [-0.3, -0.25) is 0 Å². The van der Waals surface area contributed by atoms with Crippen molar-refractivity contribution < 1.29 is 23.1 Å². The first-order valence-electron chi connectivity index (χ1n) is 6.22. The topological polar surface area (TPSA) is 113 Å². The molecule has 0 bridgehead atoms. The molecule has 2 rings (SSSR count). The molecule has 7 nitrogen and oxygen atoms in total. The summed E-state index contributed by atoms with van der Waals surface area (Å²) in [6, 6.07) is 10.1. The molecule has 0 heterocycles. The van der Waals surface area contributed by atoms with Crippen molar-refractivity contribution in [1.29, 1.82) is 0 Å². The Labute approximate surface area is 136 Å². The van der Waals surface area contributed by atoms with Gasteiger partial charge in [-0.05, 0) is 24.3 Å². The van der Waals surface area contributed by atoms with Crippen LogP contribution >= 0.6 is 11.6 Å². The number of para-hydroxylation sites is 1. The van der Waals surface area contributed by atoms with Crippen molar-refractivity contribution in [3.05, 3.63) is 59.1 Å². The van der Waals surface area contributed by atoms with Crippen LogP contribution in [0.2, 0.25) is 5.02 Å². The van der Waals surface area contributed by atoms with Gasteiger partial charge in [0.05, 0.1) is 16.3 Å². The van der Waals surface area contributed by atoms with Crippen LogP contribution < -0.4 is 10.0 Å². The number of carbonyl (C=O) groups excluding carboxylic acids is 1. The molecule has 23 heavy (non-hydrogen) atoms. The third kappa shape index (κ3) is 3.99. The summed E-state index contributed by atoms with van der Waals surface area (Å²) in [4.78, 5) is 22.6. The Bertz CT molecular complexity index is 867. The van der Waals surface area contributed by atoms with Gasteiger partial charge in [0.1, 0.15) is 4.90 Å². The van der Waals surface area contributed by atoms with E-state index in [0.717, 1.165) is 0 Å². The third-order valence-corrected chi connectivity index (χ3v) is 4.59. The lowest BCUT2D eigenvalue weighted by Gasteiger charge is -2.11. The van der Waals surface area contributed by atoms with Crippen molar-refractivity contribution in [2.45, 2.75) is 4.90 Å². The van der Waals surface area contributed by atoms with Gasteiger partial charge in [-0.2, -0.15) is 0 Å². The molecule has 2 aromatic carbocycles. The summed E-state index contributed by atoms with van der Waals surface area (Å²) in [6.07, 6.45) is 0. The van der Waals surface area contributed by atoms with Crippen molar-refractivity contribution in [2.75, 3.05) is 5.32 Å². The minimum absolute atomic E-state index is 0.0353. The Morgan fingerprint density at radius 2 is 1.61 bits per heavy atom. The van der Waals surface area contributed by atoms with E-state index in [1.165, 1.54) is 42.5 Å². The van der Waals surface area contributed by atoms with Gasteiger partial charge in [-0.25, -0.2) is 22.7 Å². The maximum Gasteiger partial charge on any atom is 0.337 e. The SMILES string of the molecule is O=C(Nc1ccccc1C(=O)O)NS(=O)(=O)c1ccccc1Cl. The molecule has 0 radical (unpaired) electrons. The van der Waals surface area contributed by atoms with E-state index in [9.17, 15) is 18.0 Å². The molecule has 0 unspecified atom stereocenters. The third-order valence-electron chi connectivity index (χ3n) is 2.76. The number of halogens is 1. The molecule has 0 spiro atoms. The number of sulfonamides is 1. The highest BCUT2D eigenvalue weighted by atomic mass is 35.5. The highest BCUT2D eigenvalue weighted by molar-refractivity contribution is 7.90. The number of benzene rings is 2. The summed E-state index contributed by atoms with van der Waals surface area (Å²) >= 11 is 5.79. The van der Waals surface area contributed by atoms with E-state index in [0.29, 0.717) is 0 Å². The van der Waals surface area contributed by atoms with Crippen molar-refractivity contribution in [2.24, 2.45) is 0 Å². The highest BCUT2D eigenvalue weighted by Gasteiger charge is 2.21. The lowest BCUT2D eigenvalue weighted by Crippen LogP contribution is -2.34. The van der Waals surface area contributed by atoms with E-state index >= 15 is 0 Å². The fourth-order valence-corrected chi connectivity index (χ4v) is 3.19. The van der Waals surface area contributed by atoms with E-state index in [-0.39, 0.29) is 21.2 Å². The van der Waals surface area contributed by atoms with E-state index < -0.39 is 22.0 Å². The Morgan fingerprint density at radius 1 is 1.00 bits per heavy atom. The molecule has 0 atom stereocenters. The predicted molar refractivity (Wildman–Crippen MR) is 84.2 cm³/mol. The monoisotopic (exact) mass is 354 g/mol. The Balaban J connectivity index is 2.21. The summed E-state index contributed by atoms with van der Waals surface area (Å²) in [5.74, 6) is -1.25. The normalized spacial score (nSPS) is 10.8. The van der Waals surface area contributed by atoms with E-state index in [1.54, 1.807) is 10.8 Å². The van der Waals surface area contributed by atoms with Crippen LogP contribution in [0.1, 0.15) is 10.4 Å². The molecule has 0 saturated heterocycles. The molecule has 9 heteroatoms. The van der Waals surface area contributed by atoms with Crippen LogP contribution in [0.25, 0.3) is 0 Å². The molecule has 0 aromatic heterocycles. The summed E-state index contributed by atoms with van der Waals surface area (Å²) in [5.41, 5.74) is -0.204. The predicted octanol–water partition coefficient (Wildman–Crippen LogP) is 2.55. The van der Waals surface area contributed by atoms with Crippen LogP contribution in [0.15, 0.2) is 53.4 Å². The second-order valence-corrected chi connectivity index (χ2v) is 6.40. The summed E-state index contributed by atoms with van der Waals surface area (Å²) in [7, 11) is -4.18. The quantitative estimate of drug-likeness (QED) is 0.781. The average molecular weight is 355 g/mol. The lowest BCUT2D eigenvalue weighted by atomic mass is 10.2. The highest BCUT2D eigenvalue weighted by Crippen LogP contribution is 2.20. The molecule has 2 amide bonds. The van der Waals surface area contributed by atoms with Gasteiger partial charge >= 0.3 is 12.0 Å². The van der Waals surface area contributed by atoms with Crippen LogP contribution in [0.5, 0.6) is 0 Å². The van der Waals surface area contributed by atoms with Gasteiger partial charge < -0.3 is 10.4 Å². The van der Waals surface area contributed by atoms with E-state index in [2.05, 4.69) is 5.32 Å². The number of urea groups is 1. The van der Waals surface area contributed by atoms with Gasteiger partial charge in [0.15, 0.2) is 0 Å². The van der Waals surface area contributed by atoms with Crippen LogP contribution in [-0.4, -0.2) is 25.5 Å². The van der Waals surface area contributed by atoms with Crippen LogP contribution in [0.3, 0.4) is 0 Å². The fraction of sp³-hybridized carbons (Fsp3) is 0. The zero-order chi connectivity index (χ0) is 17.0. The van der Waals surface area contributed by atoms with E-state index in [4.69, 9.17) is 16.7 Å². The standard InChI is InChI=1S/C14H11ClN2O5S/c15-10-6-2-4-8-12(10)23(21,22)17-14(20)16-11-7-3-1-5-9(11)13(18)19/h1-8H,(H,18,19)(H2,16,17,20). The first-order valence-corrected chi connectivity index (χ1v) is 8.08. The van der Waals surface area contributed by atoms with Crippen LogP contribution in [-0.2, 0) is 10.0 Å². The van der Waals surface area contributed by atoms with Crippen molar-refractivity contribution in [3.63, 3.8) is 0 Å². The number of carboxylic acids is 1. The molecule has 0 fully saturated rings. The summed E-state index contributed by atoms with van der Waals surface area (Å²) in [5, 5.41) is 11.2. The maximum absolute atomic E-state index is 12.1. The van der Waals surface area contributed by atoms with Gasteiger partial charge in [-0.1, -0.05) is 35.9 Å². The Morgan fingerprint density at radius 3 is 2.26 bits per heavy atom. The van der Waals surface area contributed by atoms with Crippen LogP contribution in [0, 0.1) is 0 Å². The molecule has 0 aliphatic carbocycles. The van der Waals surface area contributed by atoms with Crippen molar-refractivity contribution in [1.82, 2.24) is 4.72 Å². The first kappa shape index (κ1) is 16.8. The first-order chi connectivity index (χ1) is 10.8. The average Bonchev–Trinajstić information content (AvgIpc) is 2.47. The molecule has 2 aromatic rings. The number of hydrogen-bond donors (Lipinski definition) is 3. The molecule has 0 aliphatic rings. The second kappa shape index (κ2) is 6.67. The summed E-state index contributed by atoms with van der Waals surface area (Å²) < 4.78 is 26.0. The second-order valence-electron chi connectivity index (χ2n) is 4.34. The zero-order valence-corrected chi connectivity index (χ0v) is 13.1. The van der Waals surface area contributed by atoms with Gasteiger partial charge in [0.25, 0.3) is 10.0 Å². The summed E-state index contributed by atoms with van der Waals surface area (Å²) in [6.45, 7) is 0. The Kier molecular flexibility index (Phi) is 4.87. The fourth-order valence-electron chi connectivity index (χ4n) is 1.77. The lowest BCUT2D eigenvalue weighted by molar-refractivity contribution is 0.0698. The van der Waals surface area contributed by atoms with Gasteiger partial charge in [-0.15, -0.1) is 0 Å². The maximum atomic E-state index is 12.1. The molecular formula is C14H11ClN2O5S. The molecule has 0 saturated carbocycles. The number of amides is 2. The number of aromatic carboxylic acids is 1. The number of hydrogen-bond acceptors (Lipinski definition) is 4. The molecule has 0 aliphatic heterocycles. The number of nitrogens with one attached hydrogen (secondary N) is 2. The number of carbonyl (C=O) groups is 2. The zero-order valence-electron chi connectivity index (χ0n) is 11.5. The van der Waals surface area contributed by atoms with E-state index in [1.807, 2.05) is 0 Å². The van der Waals surface area contributed by atoms with Crippen molar-refractivity contribution >= 4 is 39.3 Å². The number of carboxylic acid groups (broad SMARTS) is 1. The largest absolute Gasteiger partial charge is 0.478 e. The molecule has 120 valence electrons. The number of rotatable bonds is 4. The van der Waals surface area contributed by atoms with Gasteiger partial charge in [0, 0.05) is 0 Å². The Hall–Kier alpha value is -2.58. The van der Waals surface area contributed by atoms with Crippen molar-refractivity contribution in [3.8, 4) is 0 Å². The molecule has 3 N–H and O–H groups in total. The molecular weight excluding hydrogens is 344 g/mol.